The number of carbonyl (C=O) groups is 4. The number of methoxy groups -OCH3 is 2. The fourth-order valence-corrected chi connectivity index (χ4v) is 10.2. The average Bonchev–Trinajstić information content (AvgIpc) is 4.16. The molecule has 9 rings (SSSR count). The number of nitrogens with zero attached hydrogens (tertiary/aromatic N) is 4. The Balaban J connectivity index is 0.945. The lowest BCUT2D eigenvalue weighted by Gasteiger charge is -2.30. The third-order valence-electron chi connectivity index (χ3n) is 13.5. The number of ether oxygens (including phenoxy) is 2. The summed E-state index contributed by atoms with van der Waals surface area (Å²) in [5.41, 5.74) is 12.4. The normalized spacial score (nSPS) is 20.0. The molecular formula is C49H56N8O6. The second kappa shape index (κ2) is 17.0. The summed E-state index contributed by atoms with van der Waals surface area (Å²) in [6.07, 6.45) is 8.39. The number of allylic oxidation sites excluding steroid dienone is 2. The number of amides is 4. The van der Waals surface area contributed by atoms with E-state index < -0.39 is 24.3 Å². The third-order valence-corrected chi connectivity index (χ3v) is 13.5. The number of hydrogen-bond donors (Lipinski definition) is 4. The molecule has 328 valence electrons. The lowest BCUT2D eigenvalue weighted by Crippen LogP contribution is -2.51. The van der Waals surface area contributed by atoms with Gasteiger partial charge >= 0.3 is 12.2 Å². The first-order valence-electron chi connectivity index (χ1n) is 22.3. The number of H-pyrrole nitrogens is 2. The molecular weight excluding hydrogens is 797 g/mol. The minimum absolute atomic E-state index is 0.106. The number of aromatic amines is 2. The predicted octanol–water partition coefficient (Wildman–Crippen LogP) is 8.65. The number of rotatable bonds is 11. The first kappa shape index (κ1) is 41.9. The molecule has 0 radical (unpaired) electrons. The van der Waals surface area contributed by atoms with Crippen molar-refractivity contribution in [3.63, 3.8) is 0 Å². The van der Waals surface area contributed by atoms with Crippen LogP contribution in [-0.2, 0) is 19.1 Å². The van der Waals surface area contributed by atoms with Crippen molar-refractivity contribution in [3.8, 4) is 33.5 Å². The number of likely N-dealkylation sites (tertiary alicyclic amines) is 2. The van der Waals surface area contributed by atoms with Gasteiger partial charge in [0.25, 0.3) is 0 Å². The van der Waals surface area contributed by atoms with Crippen LogP contribution in [0.15, 0.2) is 66.9 Å². The molecule has 3 aromatic carbocycles. The topological polar surface area (TPSA) is 175 Å². The summed E-state index contributed by atoms with van der Waals surface area (Å²) in [5.74, 6) is 1.45. The van der Waals surface area contributed by atoms with Crippen LogP contribution in [0.5, 0.6) is 0 Å². The Kier molecular flexibility index (Phi) is 11.3. The molecule has 2 aliphatic carbocycles. The lowest BCUT2D eigenvalue weighted by atomic mass is 9.85. The van der Waals surface area contributed by atoms with E-state index in [4.69, 9.17) is 19.4 Å². The number of aromatic nitrogens is 4. The summed E-state index contributed by atoms with van der Waals surface area (Å²) in [7, 11) is 2.60. The van der Waals surface area contributed by atoms with Crippen molar-refractivity contribution in [3.05, 3.63) is 89.6 Å². The highest BCUT2D eigenvalue weighted by atomic mass is 16.5. The zero-order chi connectivity index (χ0) is 44.1. The molecule has 14 heteroatoms. The summed E-state index contributed by atoms with van der Waals surface area (Å²) in [4.78, 5) is 72.3. The summed E-state index contributed by atoms with van der Waals surface area (Å²) < 4.78 is 9.61. The molecule has 2 aromatic heterocycles. The second-order valence-corrected chi connectivity index (χ2v) is 18.0. The highest BCUT2D eigenvalue weighted by molar-refractivity contribution is 5.93. The minimum Gasteiger partial charge on any atom is -0.453 e. The van der Waals surface area contributed by atoms with Gasteiger partial charge in [0.1, 0.15) is 23.7 Å². The van der Waals surface area contributed by atoms with Crippen LogP contribution in [0.4, 0.5) is 9.59 Å². The molecule has 4 N–H and O–H groups in total. The molecule has 5 aromatic rings. The second-order valence-electron chi connectivity index (χ2n) is 18.0. The number of nitrogens with one attached hydrogen (secondary N) is 4. The van der Waals surface area contributed by atoms with Gasteiger partial charge in [-0.1, -0.05) is 76.2 Å². The highest BCUT2D eigenvalue weighted by Crippen LogP contribution is 2.55. The number of imidazole rings is 2. The maximum atomic E-state index is 13.8. The molecule has 2 fully saturated rings. The number of fused-ring (bicyclic) bond motifs is 6. The maximum absolute atomic E-state index is 13.8. The average molecular weight is 853 g/mol. The Bertz CT molecular complexity index is 2610. The SMILES string of the molecule is COC(=O)N[C@H](C(=O)N1CCC[C@H]1c1ncc(-c2ccc(-c3ccc(-c4ccc5nc([C@@H]6CCCN6C(=O)[C@@H](NC(=O)OC)C(C)C)[nH]c5c4)cc3)c3c2C2CC=C3C2)[nH]1)C(C)C. The van der Waals surface area contributed by atoms with E-state index in [0.29, 0.717) is 19.0 Å². The highest BCUT2D eigenvalue weighted by Gasteiger charge is 2.40. The summed E-state index contributed by atoms with van der Waals surface area (Å²) in [5, 5.41) is 5.46. The van der Waals surface area contributed by atoms with Crippen LogP contribution in [0.1, 0.15) is 107 Å². The van der Waals surface area contributed by atoms with Gasteiger partial charge < -0.3 is 39.9 Å². The van der Waals surface area contributed by atoms with E-state index in [9.17, 15) is 19.2 Å². The van der Waals surface area contributed by atoms with Gasteiger partial charge in [0.15, 0.2) is 0 Å². The van der Waals surface area contributed by atoms with Crippen molar-refractivity contribution in [1.82, 2.24) is 40.4 Å². The van der Waals surface area contributed by atoms with E-state index in [-0.39, 0.29) is 35.7 Å². The van der Waals surface area contributed by atoms with Crippen LogP contribution in [-0.4, -0.2) is 93.1 Å². The van der Waals surface area contributed by atoms with Crippen molar-refractivity contribution in [2.45, 2.75) is 96.3 Å². The summed E-state index contributed by atoms with van der Waals surface area (Å²) in [6, 6.07) is 17.6. The van der Waals surface area contributed by atoms with E-state index in [1.807, 2.05) is 49.8 Å². The van der Waals surface area contributed by atoms with E-state index in [1.165, 1.54) is 36.5 Å². The largest absolute Gasteiger partial charge is 0.453 e. The minimum atomic E-state index is -0.691. The van der Waals surface area contributed by atoms with Gasteiger partial charge in [0, 0.05) is 18.7 Å². The molecule has 4 heterocycles. The first-order valence-corrected chi connectivity index (χ1v) is 22.3. The van der Waals surface area contributed by atoms with E-state index >= 15 is 0 Å². The van der Waals surface area contributed by atoms with Crippen molar-refractivity contribution in [1.29, 1.82) is 0 Å². The molecule has 1 unspecified atom stereocenters. The maximum Gasteiger partial charge on any atom is 0.407 e. The molecule has 2 saturated heterocycles. The third kappa shape index (κ3) is 7.73. The number of benzene rings is 3. The summed E-state index contributed by atoms with van der Waals surface area (Å²) in [6.45, 7) is 8.87. The molecule has 4 aliphatic rings. The van der Waals surface area contributed by atoms with Crippen LogP contribution in [0, 0.1) is 11.8 Å². The van der Waals surface area contributed by atoms with Crippen LogP contribution in [0.3, 0.4) is 0 Å². The Hall–Kier alpha value is -6.44. The standard InChI is InChI=1S/C49H56N8O6/c1-26(2)42(54-48(60)62-5)46(58)56-21-7-9-38(56)44-50-25-37(53-44)34-19-18-33(40-31-15-16-32(23-31)41(34)40)29-13-11-28(12-14-29)30-17-20-35-36(24-30)52-45(51-35)39-10-8-22-57(39)47(59)43(27(3)4)55-49(61)63-6/h11-15,17-20,24-27,32,38-39,42-43H,7-10,16,21-23H2,1-6H3,(H,50,53)(H,51,52)(H,54,60)(H,55,61)/t32?,38-,39-,42-,43-/m0/s1. The van der Waals surface area contributed by atoms with Crippen LogP contribution < -0.4 is 10.6 Å². The van der Waals surface area contributed by atoms with E-state index in [1.54, 1.807) is 0 Å². The first-order chi connectivity index (χ1) is 30.4. The Morgan fingerprint density at radius 2 is 1.32 bits per heavy atom. The van der Waals surface area contributed by atoms with E-state index in [2.05, 4.69) is 75.2 Å². The molecule has 0 spiro atoms. The van der Waals surface area contributed by atoms with Gasteiger partial charge in [0.05, 0.1) is 49.2 Å². The monoisotopic (exact) mass is 852 g/mol. The van der Waals surface area contributed by atoms with Crippen molar-refractivity contribution >= 4 is 40.6 Å². The zero-order valence-electron chi connectivity index (χ0n) is 36.8. The quantitative estimate of drug-likeness (QED) is 0.102. The molecule has 4 amide bonds. The van der Waals surface area contributed by atoms with Crippen molar-refractivity contribution in [2.75, 3.05) is 27.3 Å². The van der Waals surface area contributed by atoms with Crippen molar-refractivity contribution < 1.29 is 28.7 Å². The lowest BCUT2D eigenvalue weighted by molar-refractivity contribution is -0.136. The van der Waals surface area contributed by atoms with Gasteiger partial charge in [-0.25, -0.2) is 19.6 Å². The molecule has 2 bridgehead atoms. The van der Waals surface area contributed by atoms with Gasteiger partial charge in [-0.15, -0.1) is 0 Å². The molecule has 0 saturated carbocycles. The van der Waals surface area contributed by atoms with Gasteiger partial charge in [-0.2, -0.15) is 0 Å². The van der Waals surface area contributed by atoms with Gasteiger partial charge in [0.2, 0.25) is 11.8 Å². The van der Waals surface area contributed by atoms with Gasteiger partial charge in [-0.05, 0) is 107 Å². The fourth-order valence-electron chi connectivity index (χ4n) is 10.2. The van der Waals surface area contributed by atoms with E-state index in [0.717, 1.165) is 89.2 Å². The molecule has 2 aliphatic heterocycles. The molecule has 14 nitrogen and oxygen atoms in total. The summed E-state index contributed by atoms with van der Waals surface area (Å²) >= 11 is 0. The van der Waals surface area contributed by atoms with Gasteiger partial charge in [-0.3, -0.25) is 9.59 Å². The number of hydrogen-bond acceptors (Lipinski definition) is 8. The zero-order valence-corrected chi connectivity index (χ0v) is 36.8. The molecule has 63 heavy (non-hydrogen) atoms. The van der Waals surface area contributed by atoms with Crippen molar-refractivity contribution in [2.24, 2.45) is 11.8 Å². The Morgan fingerprint density at radius 3 is 1.94 bits per heavy atom. The predicted molar refractivity (Wildman–Crippen MR) is 240 cm³/mol. The molecule has 5 atom stereocenters. The number of alkyl carbamates (subject to hydrolysis) is 2. The number of carbonyl (C=O) groups excluding carboxylic acids is 4. The smallest absolute Gasteiger partial charge is 0.407 e. The Morgan fingerprint density at radius 1 is 0.730 bits per heavy atom. The fraction of sp³-hybridized carbons (Fsp3) is 0.429. The van der Waals surface area contributed by atoms with Crippen LogP contribution in [0.25, 0.3) is 50.1 Å². The Labute approximate surface area is 367 Å². The van der Waals surface area contributed by atoms with Crippen LogP contribution in [0.2, 0.25) is 0 Å². The van der Waals surface area contributed by atoms with Crippen LogP contribution >= 0.6 is 0 Å².